The van der Waals surface area contributed by atoms with Crippen molar-refractivity contribution in [3.05, 3.63) is 67.8 Å². The minimum atomic E-state index is -0.441. The largest absolute Gasteiger partial charge is 0.457 e. The molecule has 2 aromatic carbocycles. The van der Waals surface area contributed by atoms with E-state index in [1.54, 1.807) is 12.1 Å². The summed E-state index contributed by atoms with van der Waals surface area (Å²) in [4.78, 5) is 21.4. The first kappa shape index (κ1) is 20.9. The molecule has 144 valence electrons. The molecule has 7 nitrogen and oxygen atoms in total. The molecule has 0 amide bonds. The lowest BCUT2D eigenvalue weighted by Gasteiger charge is -2.10. The number of ether oxygens (including phenoxy) is 1. The molecule has 2 aromatic rings. The quantitative estimate of drug-likeness (QED) is 0.285. The van der Waals surface area contributed by atoms with E-state index in [2.05, 4.69) is 0 Å². The molecule has 0 fully saturated rings. The minimum Gasteiger partial charge on any atom is -0.457 e. The number of aryl methyl sites for hydroxylation is 2. The van der Waals surface area contributed by atoms with Crippen molar-refractivity contribution in [1.29, 1.82) is 0 Å². The van der Waals surface area contributed by atoms with E-state index < -0.39 is 9.85 Å². The third kappa shape index (κ3) is 5.80. The molecule has 2 rings (SSSR count). The maximum absolute atomic E-state index is 11.2. The van der Waals surface area contributed by atoms with Crippen LogP contribution in [0.1, 0.15) is 24.0 Å². The maximum Gasteiger partial charge on any atom is 0.272 e. The van der Waals surface area contributed by atoms with Gasteiger partial charge in [0.2, 0.25) is 0 Å². The summed E-state index contributed by atoms with van der Waals surface area (Å²) in [5.41, 5.74) is 1.09. The van der Waals surface area contributed by atoms with Gasteiger partial charge >= 0.3 is 0 Å². The van der Waals surface area contributed by atoms with Crippen LogP contribution in [0.4, 0.5) is 11.4 Å². The summed E-state index contributed by atoms with van der Waals surface area (Å²) in [5.74, 6) is 1.63. The molecular formula is C18H18Cl2N2O5. The van der Waals surface area contributed by atoms with Crippen molar-refractivity contribution in [2.45, 2.75) is 25.7 Å². The van der Waals surface area contributed by atoms with Gasteiger partial charge in [-0.15, -0.1) is 23.2 Å². The third-order valence-corrected chi connectivity index (χ3v) is 4.43. The number of alkyl halides is 2. The van der Waals surface area contributed by atoms with E-state index in [-0.39, 0.29) is 11.4 Å². The van der Waals surface area contributed by atoms with E-state index in [0.717, 1.165) is 0 Å². The van der Waals surface area contributed by atoms with Gasteiger partial charge in [-0.1, -0.05) is 0 Å². The minimum absolute atomic E-state index is 0.0129. The molecule has 0 aromatic heterocycles. The van der Waals surface area contributed by atoms with Gasteiger partial charge in [-0.25, -0.2) is 0 Å². The summed E-state index contributed by atoms with van der Waals surface area (Å²) in [6.07, 6.45) is 2.12. The number of halogens is 2. The maximum atomic E-state index is 11.2. The highest BCUT2D eigenvalue weighted by Crippen LogP contribution is 2.31. The number of nitro groups is 2. The van der Waals surface area contributed by atoms with Crippen LogP contribution in [0.25, 0.3) is 0 Å². The predicted octanol–water partition coefficient (Wildman–Crippen LogP) is 5.64. The van der Waals surface area contributed by atoms with Crippen molar-refractivity contribution >= 4 is 34.6 Å². The Hall–Kier alpha value is -2.38. The van der Waals surface area contributed by atoms with Crippen molar-refractivity contribution in [2.24, 2.45) is 0 Å². The standard InChI is InChI=1S/C18H18Cl2N2O5/c19-9-1-3-13-11-15(5-7-17(13)21(23)24)27-16-6-8-18(22(25)26)14(12-16)4-2-10-20/h5-8,11-12H,1-4,9-10H2. The Kier molecular flexibility index (Phi) is 7.82. The van der Waals surface area contributed by atoms with Gasteiger partial charge < -0.3 is 4.74 Å². The van der Waals surface area contributed by atoms with Crippen molar-refractivity contribution in [1.82, 2.24) is 0 Å². The second kappa shape index (κ2) is 10.1. The summed E-state index contributed by atoms with van der Waals surface area (Å²) in [6, 6.07) is 8.98. The van der Waals surface area contributed by atoms with E-state index in [9.17, 15) is 20.2 Å². The number of nitro benzene ring substituents is 2. The fraction of sp³-hybridized carbons (Fsp3) is 0.333. The Bertz CT molecular complexity index is 762. The first-order chi connectivity index (χ1) is 13.0. The monoisotopic (exact) mass is 412 g/mol. The van der Waals surface area contributed by atoms with Crippen LogP contribution < -0.4 is 4.74 Å². The number of benzene rings is 2. The molecule has 27 heavy (non-hydrogen) atoms. The number of nitrogens with zero attached hydrogens (tertiary/aromatic N) is 2. The van der Waals surface area contributed by atoms with Gasteiger partial charge in [0.15, 0.2) is 0 Å². The van der Waals surface area contributed by atoms with Crippen LogP contribution in [-0.4, -0.2) is 21.6 Å². The van der Waals surface area contributed by atoms with Crippen LogP contribution in [-0.2, 0) is 12.8 Å². The Balaban J connectivity index is 2.30. The van der Waals surface area contributed by atoms with Gasteiger partial charge in [0.05, 0.1) is 9.85 Å². The lowest BCUT2D eigenvalue weighted by molar-refractivity contribution is -0.385. The van der Waals surface area contributed by atoms with Crippen LogP contribution in [0.15, 0.2) is 36.4 Å². The molecule has 0 N–H and O–H groups in total. The molecule has 0 aliphatic heterocycles. The molecule has 0 heterocycles. The van der Waals surface area contributed by atoms with E-state index >= 15 is 0 Å². The molecule has 0 aliphatic rings. The zero-order valence-corrected chi connectivity index (χ0v) is 15.9. The highest BCUT2D eigenvalue weighted by Gasteiger charge is 2.17. The molecule has 0 bridgehead atoms. The van der Waals surface area contributed by atoms with Crippen molar-refractivity contribution in [2.75, 3.05) is 11.8 Å². The first-order valence-electron chi connectivity index (χ1n) is 8.30. The fourth-order valence-corrected chi connectivity index (χ4v) is 2.93. The molecule has 9 heteroatoms. The van der Waals surface area contributed by atoms with Gasteiger partial charge in [-0.3, -0.25) is 20.2 Å². The zero-order valence-electron chi connectivity index (χ0n) is 14.4. The highest BCUT2D eigenvalue weighted by atomic mass is 35.5. The Labute approximate surface area is 166 Å². The van der Waals surface area contributed by atoms with Gasteiger partial charge in [-0.05, 0) is 49.9 Å². The van der Waals surface area contributed by atoms with E-state index in [4.69, 9.17) is 27.9 Å². The molecule has 0 spiro atoms. The van der Waals surface area contributed by atoms with Gasteiger partial charge in [-0.2, -0.15) is 0 Å². The van der Waals surface area contributed by atoms with E-state index in [1.807, 2.05) is 0 Å². The lowest BCUT2D eigenvalue weighted by atomic mass is 10.1. The molecule has 0 saturated carbocycles. The number of hydrogen-bond donors (Lipinski definition) is 0. The summed E-state index contributed by atoms with van der Waals surface area (Å²) in [5, 5.41) is 22.3. The topological polar surface area (TPSA) is 95.5 Å². The van der Waals surface area contributed by atoms with Crippen LogP contribution in [0, 0.1) is 20.2 Å². The lowest BCUT2D eigenvalue weighted by Crippen LogP contribution is -1.99. The van der Waals surface area contributed by atoms with Gasteiger partial charge in [0, 0.05) is 35.0 Å². The zero-order chi connectivity index (χ0) is 19.8. The van der Waals surface area contributed by atoms with E-state index in [0.29, 0.717) is 60.1 Å². The van der Waals surface area contributed by atoms with Crippen molar-refractivity contribution < 1.29 is 14.6 Å². The second-order valence-corrected chi connectivity index (χ2v) is 6.54. The molecular weight excluding hydrogens is 395 g/mol. The Morgan fingerprint density at radius 2 is 1.19 bits per heavy atom. The molecule has 0 aliphatic carbocycles. The van der Waals surface area contributed by atoms with Crippen LogP contribution in [0.5, 0.6) is 11.5 Å². The second-order valence-electron chi connectivity index (χ2n) is 5.78. The van der Waals surface area contributed by atoms with Crippen molar-refractivity contribution in [3.8, 4) is 11.5 Å². The molecule has 0 saturated heterocycles. The normalized spacial score (nSPS) is 10.6. The SMILES string of the molecule is O=[N+]([O-])c1ccc(Oc2ccc([N+](=O)[O-])c(CCCCl)c2)cc1CCCCl. The average Bonchev–Trinajstić information content (AvgIpc) is 2.64. The van der Waals surface area contributed by atoms with Crippen LogP contribution in [0.3, 0.4) is 0 Å². The Morgan fingerprint density at radius 3 is 1.52 bits per heavy atom. The molecule has 0 unspecified atom stereocenters. The first-order valence-corrected chi connectivity index (χ1v) is 9.37. The van der Waals surface area contributed by atoms with Crippen molar-refractivity contribution in [3.63, 3.8) is 0 Å². The molecule has 0 radical (unpaired) electrons. The van der Waals surface area contributed by atoms with Gasteiger partial charge in [0.1, 0.15) is 11.5 Å². The Morgan fingerprint density at radius 1 is 0.778 bits per heavy atom. The third-order valence-electron chi connectivity index (χ3n) is 3.89. The van der Waals surface area contributed by atoms with Crippen LogP contribution in [0.2, 0.25) is 0 Å². The summed E-state index contributed by atoms with van der Waals surface area (Å²) < 4.78 is 5.78. The summed E-state index contributed by atoms with van der Waals surface area (Å²) >= 11 is 11.4. The predicted molar refractivity (Wildman–Crippen MR) is 104 cm³/mol. The summed E-state index contributed by atoms with van der Waals surface area (Å²) in [7, 11) is 0. The fourth-order valence-electron chi connectivity index (χ4n) is 2.66. The summed E-state index contributed by atoms with van der Waals surface area (Å²) in [6.45, 7) is 0. The number of rotatable bonds is 10. The molecule has 0 atom stereocenters. The smallest absolute Gasteiger partial charge is 0.272 e. The average molecular weight is 413 g/mol. The van der Waals surface area contributed by atoms with Crippen LogP contribution >= 0.6 is 23.2 Å². The highest BCUT2D eigenvalue weighted by molar-refractivity contribution is 6.18. The van der Waals surface area contributed by atoms with E-state index in [1.165, 1.54) is 24.3 Å². The number of hydrogen-bond acceptors (Lipinski definition) is 5. The van der Waals surface area contributed by atoms with Gasteiger partial charge in [0.25, 0.3) is 11.4 Å².